The number of rotatable bonds is 0. The topological polar surface area (TPSA) is 23.1 Å². The first-order valence-corrected chi connectivity index (χ1v) is 5.21. The van der Waals surface area contributed by atoms with Crippen LogP contribution in [0.25, 0.3) is 0 Å². The van der Waals surface area contributed by atoms with Crippen LogP contribution in [0.15, 0.2) is 11.6 Å². The average Bonchev–Trinajstić information content (AvgIpc) is 2.10. The quantitative estimate of drug-likeness (QED) is 0.546. The van der Waals surface area contributed by atoms with Crippen LogP contribution in [0.2, 0.25) is 0 Å². The number of hydrogen-bond acceptors (Lipinski definition) is 1. The largest absolute Gasteiger partial charge is 0.136 e. The average molecular weight is 196 g/mol. The van der Waals surface area contributed by atoms with Crippen molar-refractivity contribution in [3.63, 3.8) is 0 Å². The Morgan fingerprint density at radius 3 is 1.71 bits per heavy atom. The summed E-state index contributed by atoms with van der Waals surface area (Å²) in [6, 6.07) is 0. The zero-order chi connectivity index (χ0) is 11.4. The van der Waals surface area contributed by atoms with Gasteiger partial charge in [0.05, 0.1) is 11.1 Å². The predicted molar refractivity (Wildman–Crippen MR) is 58.2 cm³/mol. The molecule has 0 fully saturated rings. The lowest BCUT2D eigenvalue weighted by Crippen LogP contribution is -2.48. The van der Waals surface area contributed by atoms with Crippen LogP contribution in [0.3, 0.4) is 0 Å². The van der Waals surface area contributed by atoms with Gasteiger partial charge in [0.2, 0.25) is 0 Å². The Kier molecular flexibility index (Phi) is 2.37. The minimum Gasteiger partial charge on any atom is -0.136 e. The van der Waals surface area contributed by atoms with E-state index < -0.39 is 0 Å². The Labute approximate surface area is 87.6 Å². The van der Waals surface area contributed by atoms with E-state index in [2.05, 4.69) is 26.8 Å². The molecule has 0 aromatic carbocycles. The molecule has 14 heavy (non-hydrogen) atoms. The van der Waals surface area contributed by atoms with Crippen molar-refractivity contribution in [1.82, 2.24) is 5.06 Å². The Hall–Kier alpha value is -0.340. The van der Waals surface area contributed by atoms with Gasteiger partial charge < -0.3 is 0 Å². The van der Waals surface area contributed by atoms with E-state index in [0.717, 1.165) is 0 Å². The Morgan fingerprint density at radius 2 is 1.57 bits per heavy atom. The lowest BCUT2D eigenvalue weighted by Gasteiger charge is -2.37. The maximum absolute atomic E-state index is 12.1. The molecule has 1 radical (unpaired) electrons. The van der Waals surface area contributed by atoms with E-state index in [0.29, 0.717) is 0 Å². The summed E-state index contributed by atoms with van der Waals surface area (Å²) in [5.41, 5.74) is 0.568. The van der Waals surface area contributed by atoms with E-state index in [9.17, 15) is 5.21 Å². The maximum Gasteiger partial charge on any atom is 0.0661 e. The molecule has 0 aromatic rings. The van der Waals surface area contributed by atoms with Crippen LogP contribution >= 0.6 is 0 Å². The zero-order valence-electron chi connectivity index (χ0n) is 10.4. The van der Waals surface area contributed by atoms with Gasteiger partial charge in [0.25, 0.3) is 0 Å². The van der Waals surface area contributed by atoms with Crippen LogP contribution in [-0.4, -0.2) is 16.1 Å². The Morgan fingerprint density at radius 1 is 1.14 bits per heavy atom. The van der Waals surface area contributed by atoms with Crippen molar-refractivity contribution in [3.8, 4) is 0 Å². The highest BCUT2D eigenvalue weighted by atomic mass is 16.5. The monoisotopic (exact) mass is 196 g/mol. The van der Waals surface area contributed by atoms with Crippen molar-refractivity contribution >= 4 is 0 Å². The van der Waals surface area contributed by atoms with Crippen LogP contribution < -0.4 is 0 Å². The summed E-state index contributed by atoms with van der Waals surface area (Å²) >= 11 is 0. The van der Waals surface area contributed by atoms with Gasteiger partial charge in [-0.25, -0.2) is 0 Å². The van der Waals surface area contributed by atoms with Gasteiger partial charge in [-0.3, -0.25) is 0 Å². The highest BCUT2D eigenvalue weighted by Crippen LogP contribution is 2.46. The van der Waals surface area contributed by atoms with Gasteiger partial charge in [-0.15, -0.1) is 10.3 Å². The van der Waals surface area contributed by atoms with Gasteiger partial charge in [-0.1, -0.05) is 26.8 Å². The molecule has 0 atom stereocenters. The van der Waals surface area contributed by atoms with E-state index in [1.165, 1.54) is 10.6 Å². The number of hydrogen-bond donors (Lipinski definition) is 0. The van der Waals surface area contributed by atoms with Gasteiger partial charge in [0, 0.05) is 0 Å². The summed E-state index contributed by atoms with van der Waals surface area (Å²) in [5, 5.41) is 13.3. The summed E-state index contributed by atoms with van der Waals surface area (Å²) in [5.74, 6) is 0. The number of nitrogens with zero attached hydrogens (tertiary/aromatic N) is 1. The van der Waals surface area contributed by atoms with Gasteiger partial charge >= 0.3 is 0 Å². The van der Waals surface area contributed by atoms with Crippen molar-refractivity contribution in [3.05, 3.63) is 11.6 Å². The highest BCUT2D eigenvalue weighted by molar-refractivity contribution is 5.33. The molecule has 0 saturated carbocycles. The second-order valence-corrected chi connectivity index (χ2v) is 6.32. The molecular formula is C12H22NO. The predicted octanol–water partition coefficient (Wildman–Crippen LogP) is 3.18. The molecule has 0 unspecified atom stereocenters. The molecule has 0 N–H and O–H groups in total. The molecule has 0 bridgehead atoms. The molecule has 1 heterocycles. The van der Waals surface area contributed by atoms with E-state index >= 15 is 0 Å². The van der Waals surface area contributed by atoms with E-state index in [1.807, 2.05) is 27.7 Å². The summed E-state index contributed by atoms with van der Waals surface area (Å²) in [7, 11) is 0. The van der Waals surface area contributed by atoms with Gasteiger partial charge in [-0.2, -0.15) is 0 Å². The third-order valence-corrected chi connectivity index (χ3v) is 3.00. The molecule has 81 valence electrons. The van der Waals surface area contributed by atoms with E-state index in [4.69, 9.17) is 0 Å². The van der Waals surface area contributed by atoms with E-state index in [1.54, 1.807) is 0 Å². The Balaban J connectivity index is 3.20. The molecule has 0 saturated heterocycles. The molecule has 1 aliphatic rings. The summed E-state index contributed by atoms with van der Waals surface area (Å²) in [6.45, 7) is 14.4. The second kappa shape index (κ2) is 2.83. The second-order valence-electron chi connectivity index (χ2n) is 6.32. The highest BCUT2D eigenvalue weighted by Gasteiger charge is 2.49. The zero-order valence-corrected chi connectivity index (χ0v) is 10.4. The molecule has 0 aromatic heterocycles. The van der Waals surface area contributed by atoms with Crippen LogP contribution in [0.5, 0.6) is 0 Å². The minimum absolute atomic E-state index is 0.0694. The normalized spacial score (nSPS) is 26.4. The van der Waals surface area contributed by atoms with Crippen molar-refractivity contribution in [1.29, 1.82) is 0 Å². The standard InChI is InChI=1S/C12H22NO/c1-10(2,3)9-8-11(4,5)13(14)12(9,6)7/h8H,1-7H3. The molecular weight excluding hydrogens is 174 g/mol. The van der Waals surface area contributed by atoms with Crippen molar-refractivity contribution in [2.45, 2.75) is 59.5 Å². The van der Waals surface area contributed by atoms with Crippen LogP contribution in [0, 0.1) is 5.41 Å². The van der Waals surface area contributed by atoms with Gasteiger partial charge in [0.15, 0.2) is 0 Å². The minimum atomic E-state index is -0.373. The fourth-order valence-corrected chi connectivity index (χ4v) is 2.55. The van der Waals surface area contributed by atoms with Gasteiger partial charge in [-0.05, 0) is 38.7 Å². The SMILES string of the molecule is CC(C)(C)C1=CC(C)(C)N([O])C1(C)C. The third kappa shape index (κ3) is 1.61. The molecule has 0 aliphatic carbocycles. The molecule has 2 heteroatoms. The van der Waals surface area contributed by atoms with Crippen LogP contribution in [0.4, 0.5) is 0 Å². The molecule has 2 nitrogen and oxygen atoms in total. The van der Waals surface area contributed by atoms with Crippen LogP contribution in [-0.2, 0) is 5.21 Å². The fourth-order valence-electron chi connectivity index (χ4n) is 2.55. The van der Waals surface area contributed by atoms with Gasteiger partial charge in [0.1, 0.15) is 0 Å². The molecule has 0 spiro atoms. The summed E-state index contributed by atoms with van der Waals surface area (Å²) in [4.78, 5) is 0. The van der Waals surface area contributed by atoms with Crippen molar-refractivity contribution < 1.29 is 5.21 Å². The first-order valence-electron chi connectivity index (χ1n) is 5.21. The summed E-state index contributed by atoms with van der Waals surface area (Å²) in [6.07, 6.45) is 2.12. The lowest BCUT2D eigenvalue weighted by atomic mass is 9.77. The third-order valence-electron chi connectivity index (χ3n) is 3.00. The summed E-state index contributed by atoms with van der Waals surface area (Å²) < 4.78 is 0. The lowest BCUT2D eigenvalue weighted by molar-refractivity contribution is -0.240. The first-order chi connectivity index (χ1) is 5.99. The first kappa shape index (κ1) is 11.7. The maximum atomic E-state index is 12.1. The van der Waals surface area contributed by atoms with E-state index in [-0.39, 0.29) is 16.5 Å². The molecule has 1 aliphatic heterocycles. The fraction of sp³-hybridized carbons (Fsp3) is 0.833. The smallest absolute Gasteiger partial charge is 0.0661 e. The van der Waals surface area contributed by atoms with Crippen LogP contribution in [0.1, 0.15) is 48.5 Å². The van der Waals surface area contributed by atoms with Crippen molar-refractivity contribution in [2.24, 2.45) is 5.41 Å². The molecule has 1 rings (SSSR count). The van der Waals surface area contributed by atoms with Crippen molar-refractivity contribution in [2.75, 3.05) is 0 Å². The molecule has 0 amide bonds. The number of hydroxylamine groups is 2. The Bertz CT molecular complexity index is 269.